The number of ether oxygens (including phenoxy) is 1. The first kappa shape index (κ1) is 23.8. The number of nitrogens with one attached hydrogen (secondary N) is 2. The van der Waals surface area contributed by atoms with Crippen LogP contribution in [0.25, 0.3) is 0 Å². The summed E-state index contributed by atoms with van der Waals surface area (Å²) in [6.45, 7) is 2.06. The monoisotopic (exact) mass is 500 g/mol. The Morgan fingerprint density at radius 1 is 1.11 bits per heavy atom. The maximum absolute atomic E-state index is 11.8. The van der Waals surface area contributed by atoms with Crippen LogP contribution in [-0.4, -0.2) is 57.1 Å². The molecule has 0 saturated heterocycles. The highest BCUT2D eigenvalue weighted by Crippen LogP contribution is 2.08. The lowest BCUT2D eigenvalue weighted by Gasteiger charge is -2.14. The minimum atomic E-state index is -0.0467. The molecule has 7 nitrogen and oxygen atoms in total. The minimum Gasteiger partial charge on any atom is -0.494 e. The van der Waals surface area contributed by atoms with E-state index in [2.05, 4.69) is 15.6 Å². The van der Waals surface area contributed by atoms with E-state index < -0.39 is 0 Å². The number of aliphatic imine (C=N–C) groups is 1. The van der Waals surface area contributed by atoms with Crippen LogP contribution in [0.3, 0.4) is 0 Å². The Morgan fingerprint density at radius 2 is 1.86 bits per heavy atom. The fraction of sp³-hybridized carbons (Fsp3) is 0.400. The molecule has 0 atom stereocenters. The summed E-state index contributed by atoms with van der Waals surface area (Å²) in [5.74, 6) is 2.33. The lowest BCUT2D eigenvalue weighted by molar-refractivity contribution is -0.127. The molecular formula is C20H29IN4O3. The SMILES string of the molecule is CN(C)C(=O)CN=C(NCCCOc1ccccc1)NCCc1ccco1.I. The van der Waals surface area contributed by atoms with E-state index >= 15 is 0 Å². The third-order valence-electron chi connectivity index (χ3n) is 3.74. The van der Waals surface area contributed by atoms with E-state index in [0.29, 0.717) is 25.7 Å². The number of likely N-dealkylation sites (N-methyl/N-ethyl adjacent to an activating group) is 1. The first-order valence-electron chi connectivity index (χ1n) is 9.07. The summed E-state index contributed by atoms with van der Waals surface area (Å²) in [5, 5.41) is 6.47. The number of furan rings is 1. The van der Waals surface area contributed by atoms with Gasteiger partial charge in [-0.3, -0.25) is 4.79 Å². The van der Waals surface area contributed by atoms with Gasteiger partial charge in [-0.25, -0.2) is 4.99 Å². The maximum atomic E-state index is 11.8. The van der Waals surface area contributed by atoms with Gasteiger partial charge in [0.25, 0.3) is 0 Å². The highest BCUT2D eigenvalue weighted by molar-refractivity contribution is 14.0. The number of nitrogens with zero attached hydrogens (tertiary/aromatic N) is 2. The van der Waals surface area contributed by atoms with Crippen molar-refractivity contribution in [1.82, 2.24) is 15.5 Å². The van der Waals surface area contributed by atoms with E-state index in [4.69, 9.17) is 9.15 Å². The summed E-state index contributed by atoms with van der Waals surface area (Å²) in [4.78, 5) is 17.6. The summed E-state index contributed by atoms with van der Waals surface area (Å²) in [6.07, 6.45) is 3.22. The van der Waals surface area contributed by atoms with E-state index in [1.54, 1.807) is 20.4 Å². The number of halogens is 1. The lowest BCUT2D eigenvalue weighted by atomic mass is 10.3. The quantitative estimate of drug-likeness (QED) is 0.227. The second-order valence-corrected chi connectivity index (χ2v) is 6.15. The van der Waals surface area contributed by atoms with Crippen molar-refractivity contribution in [1.29, 1.82) is 0 Å². The van der Waals surface area contributed by atoms with Crippen LogP contribution in [0.2, 0.25) is 0 Å². The smallest absolute Gasteiger partial charge is 0.243 e. The molecule has 2 N–H and O–H groups in total. The molecule has 0 fully saturated rings. The van der Waals surface area contributed by atoms with Crippen LogP contribution in [0.5, 0.6) is 5.75 Å². The van der Waals surface area contributed by atoms with Gasteiger partial charge in [-0.15, -0.1) is 24.0 Å². The van der Waals surface area contributed by atoms with Gasteiger partial charge in [0, 0.05) is 33.6 Å². The van der Waals surface area contributed by atoms with Crippen molar-refractivity contribution >= 4 is 35.8 Å². The highest BCUT2D eigenvalue weighted by Gasteiger charge is 2.05. The Balaban J connectivity index is 0.00000392. The van der Waals surface area contributed by atoms with Crippen LogP contribution in [0.15, 0.2) is 58.1 Å². The number of guanidine groups is 1. The predicted molar refractivity (Wildman–Crippen MR) is 121 cm³/mol. The molecule has 0 aliphatic rings. The maximum Gasteiger partial charge on any atom is 0.243 e. The lowest BCUT2D eigenvalue weighted by Crippen LogP contribution is -2.40. The van der Waals surface area contributed by atoms with Gasteiger partial charge < -0.3 is 24.7 Å². The molecule has 154 valence electrons. The van der Waals surface area contributed by atoms with Gasteiger partial charge in [-0.2, -0.15) is 0 Å². The molecule has 1 amide bonds. The highest BCUT2D eigenvalue weighted by atomic mass is 127. The van der Waals surface area contributed by atoms with E-state index in [1.165, 1.54) is 4.90 Å². The first-order chi connectivity index (χ1) is 13.1. The molecule has 0 aliphatic heterocycles. The second kappa shape index (κ2) is 13.9. The number of para-hydroxylation sites is 1. The standard InChI is InChI=1S/C20H28N4O3.HI/c1-24(2)19(25)16-23-20(22-13-11-18-10-6-14-26-18)21-12-7-15-27-17-8-4-3-5-9-17;/h3-6,8-10,14H,7,11-13,15-16H2,1-2H3,(H2,21,22,23);1H. The molecule has 0 bridgehead atoms. The normalized spacial score (nSPS) is 10.7. The summed E-state index contributed by atoms with van der Waals surface area (Å²) in [7, 11) is 3.44. The summed E-state index contributed by atoms with van der Waals surface area (Å²) >= 11 is 0. The van der Waals surface area contributed by atoms with Crippen LogP contribution in [0.4, 0.5) is 0 Å². The summed E-state index contributed by atoms with van der Waals surface area (Å²) < 4.78 is 11.0. The van der Waals surface area contributed by atoms with Crippen LogP contribution >= 0.6 is 24.0 Å². The number of hydrogen-bond acceptors (Lipinski definition) is 4. The fourth-order valence-electron chi connectivity index (χ4n) is 2.21. The molecule has 0 saturated carbocycles. The van der Waals surface area contributed by atoms with Gasteiger partial charge in [-0.05, 0) is 30.7 Å². The zero-order chi connectivity index (χ0) is 19.3. The molecule has 28 heavy (non-hydrogen) atoms. The van der Waals surface area contributed by atoms with Crippen molar-refractivity contribution in [2.45, 2.75) is 12.8 Å². The van der Waals surface area contributed by atoms with Crippen LogP contribution in [-0.2, 0) is 11.2 Å². The van der Waals surface area contributed by atoms with E-state index in [0.717, 1.165) is 24.4 Å². The predicted octanol–water partition coefficient (Wildman–Crippen LogP) is 2.53. The van der Waals surface area contributed by atoms with E-state index in [-0.39, 0.29) is 36.4 Å². The van der Waals surface area contributed by atoms with Gasteiger partial charge in [-0.1, -0.05) is 18.2 Å². The van der Waals surface area contributed by atoms with Crippen molar-refractivity contribution in [2.24, 2.45) is 4.99 Å². The molecule has 1 aromatic carbocycles. The average Bonchev–Trinajstić information content (AvgIpc) is 3.19. The second-order valence-electron chi connectivity index (χ2n) is 6.15. The Labute approximate surface area is 183 Å². The van der Waals surface area contributed by atoms with Crippen LogP contribution in [0.1, 0.15) is 12.2 Å². The van der Waals surface area contributed by atoms with Gasteiger partial charge in [0.2, 0.25) is 5.91 Å². The van der Waals surface area contributed by atoms with Crippen LogP contribution < -0.4 is 15.4 Å². The molecular weight excluding hydrogens is 471 g/mol. The summed E-state index contributed by atoms with van der Waals surface area (Å²) in [5.41, 5.74) is 0. The number of hydrogen-bond donors (Lipinski definition) is 2. The molecule has 2 aromatic rings. The van der Waals surface area contributed by atoms with Crippen molar-refractivity contribution in [3.63, 3.8) is 0 Å². The Kier molecular flexibility index (Phi) is 11.8. The van der Waals surface area contributed by atoms with Crippen molar-refractivity contribution < 1.29 is 13.9 Å². The van der Waals surface area contributed by atoms with Gasteiger partial charge >= 0.3 is 0 Å². The molecule has 1 heterocycles. The van der Waals surface area contributed by atoms with Crippen molar-refractivity contribution in [2.75, 3.05) is 40.3 Å². The van der Waals surface area contributed by atoms with E-state index in [1.807, 2.05) is 42.5 Å². The van der Waals surface area contributed by atoms with E-state index in [9.17, 15) is 4.79 Å². The largest absolute Gasteiger partial charge is 0.494 e. The van der Waals surface area contributed by atoms with Crippen molar-refractivity contribution in [3.8, 4) is 5.75 Å². The Morgan fingerprint density at radius 3 is 2.54 bits per heavy atom. The van der Waals surface area contributed by atoms with Gasteiger partial charge in [0.15, 0.2) is 5.96 Å². The molecule has 0 unspecified atom stereocenters. The fourth-order valence-corrected chi connectivity index (χ4v) is 2.21. The first-order valence-corrected chi connectivity index (χ1v) is 9.07. The van der Waals surface area contributed by atoms with Gasteiger partial charge in [0.1, 0.15) is 18.1 Å². The van der Waals surface area contributed by atoms with Crippen LogP contribution in [0, 0.1) is 0 Å². The zero-order valence-corrected chi connectivity index (χ0v) is 18.7. The third-order valence-corrected chi connectivity index (χ3v) is 3.74. The molecule has 8 heteroatoms. The third kappa shape index (κ3) is 9.63. The molecule has 0 radical (unpaired) electrons. The average molecular weight is 500 g/mol. The molecule has 0 spiro atoms. The summed E-state index contributed by atoms with van der Waals surface area (Å²) in [6, 6.07) is 13.5. The number of amides is 1. The number of carbonyl (C=O) groups is 1. The Hall–Kier alpha value is -2.23. The van der Waals surface area contributed by atoms with Crippen molar-refractivity contribution in [3.05, 3.63) is 54.5 Å². The molecule has 2 rings (SSSR count). The Bertz CT molecular complexity index is 691. The number of rotatable bonds is 10. The van der Waals surface area contributed by atoms with Gasteiger partial charge in [0.05, 0.1) is 12.9 Å². The molecule has 0 aliphatic carbocycles. The zero-order valence-electron chi connectivity index (χ0n) is 16.4. The number of benzene rings is 1. The number of carbonyl (C=O) groups excluding carboxylic acids is 1. The topological polar surface area (TPSA) is 79.1 Å². The minimum absolute atomic E-state index is 0. The molecule has 1 aromatic heterocycles.